The van der Waals surface area contributed by atoms with Crippen LogP contribution in [0.15, 0.2) is 12.1 Å². The van der Waals surface area contributed by atoms with Gasteiger partial charge in [0, 0.05) is 0 Å². The molecule has 1 fully saturated rings. The molecular weight excluding hydrogens is 268 g/mol. The van der Waals surface area contributed by atoms with Crippen molar-refractivity contribution in [1.29, 1.82) is 0 Å². The Balaban J connectivity index is 2.33. The Labute approximate surface area is 127 Å². The van der Waals surface area contributed by atoms with Crippen molar-refractivity contribution in [2.45, 2.75) is 52.9 Å². The number of aryl methyl sites for hydroxylation is 1. The topological polar surface area (TPSA) is 12.0 Å². The van der Waals surface area contributed by atoms with Crippen LogP contribution in [-0.4, -0.2) is 13.1 Å². The summed E-state index contributed by atoms with van der Waals surface area (Å²) in [5.41, 5.74) is 1.14. The van der Waals surface area contributed by atoms with Crippen LogP contribution in [0.2, 0.25) is 0 Å². The molecule has 118 valence electrons. The van der Waals surface area contributed by atoms with Gasteiger partial charge in [0.15, 0.2) is 11.6 Å². The van der Waals surface area contributed by atoms with Crippen LogP contribution in [0.25, 0.3) is 0 Å². The Kier molecular flexibility index (Phi) is 5.03. The smallest absolute Gasteiger partial charge is 0.162 e. The summed E-state index contributed by atoms with van der Waals surface area (Å²) in [4.78, 5) is 0. The molecule has 2 atom stereocenters. The minimum atomic E-state index is -0.682. The van der Waals surface area contributed by atoms with Crippen LogP contribution >= 0.6 is 0 Å². The predicted molar refractivity (Wildman–Crippen MR) is 83.5 cm³/mol. The van der Waals surface area contributed by atoms with Gasteiger partial charge in [-0.1, -0.05) is 32.9 Å². The van der Waals surface area contributed by atoms with Gasteiger partial charge in [-0.2, -0.15) is 0 Å². The number of hydrogen-bond donors (Lipinski definition) is 1. The summed E-state index contributed by atoms with van der Waals surface area (Å²) < 4.78 is 28.3. The normalized spacial score (nSPS) is 25.0. The fourth-order valence-electron chi connectivity index (χ4n) is 3.53. The van der Waals surface area contributed by atoms with Gasteiger partial charge in [0.2, 0.25) is 0 Å². The maximum atomic E-state index is 14.4. The van der Waals surface area contributed by atoms with Gasteiger partial charge in [0.1, 0.15) is 0 Å². The van der Waals surface area contributed by atoms with E-state index in [9.17, 15) is 8.78 Å². The highest BCUT2D eigenvalue weighted by Crippen LogP contribution is 2.47. The highest BCUT2D eigenvalue weighted by molar-refractivity contribution is 5.29. The second kappa shape index (κ2) is 6.43. The molecule has 1 aliphatic carbocycles. The van der Waals surface area contributed by atoms with E-state index in [-0.39, 0.29) is 11.3 Å². The molecule has 3 heteroatoms. The summed E-state index contributed by atoms with van der Waals surface area (Å²) in [6.45, 7) is 9.94. The zero-order valence-electron chi connectivity index (χ0n) is 13.6. The van der Waals surface area contributed by atoms with E-state index >= 15 is 0 Å². The van der Waals surface area contributed by atoms with E-state index in [1.165, 1.54) is 0 Å². The van der Waals surface area contributed by atoms with Crippen LogP contribution < -0.4 is 5.32 Å². The molecule has 1 saturated carbocycles. The monoisotopic (exact) mass is 295 g/mol. The molecule has 1 aromatic rings. The number of rotatable bonds is 4. The van der Waals surface area contributed by atoms with Gasteiger partial charge >= 0.3 is 0 Å². The average molecular weight is 295 g/mol. The molecule has 0 amide bonds. The lowest BCUT2D eigenvalue weighted by Crippen LogP contribution is -2.35. The third-order valence-corrected chi connectivity index (χ3v) is 4.89. The van der Waals surface area contributed by atoms with Crippen molar-refractivity contribution >= 4 is 0 Å². The molecule has 2 rings (SSSR count). The van der Waals surface area contributed by atoms with Crippen molar-refractivity contribution < 1.29 is 8.78 Å². The van der Waals surface area contributed by atoms with Gasteiger partial charge in [0.25, 0.3) is 0 Å². The van der Waals surface area contributed by atoms with Crippen LogP contribution in [-0.2, 0) is 0 Å². The fourth-order valence-corrected chi connectivity index (χ4v) is 3.53. The van der Waals surface area contributed by atoms with Crippen molar-refractivity contribution in [2.75, 3.05) is 13.1 Å². The van der Waals surface area contributed by atoms with E-state index in [1.54, 1.807) is 19.1 Å². The summed E-state index contributed by atoms with van der Waals surface area (Å²) in [6.07, 6.45) is 3.14. The zero-order chi connectivity index (χ0) is 15.6. The first kappa shape index (κ1) is 16.4. The van der Waals surface area contributed by atoms with Crippen LogP contribution in [0.3, 0.4) is 0 Å². The van der Waals surface area contributed by atoms with E-state index in [2.05, 4.69) is 26.1 Å². The molecule has 0 aromatic heterocycles. The Morgan fingerprint density at radius 1 is 1.24 bits per heavy atom. The SMILES string of the molecule is CCNCC1CCC(C)(C)CC1c1ccc(C)c(F)c1F. The molecule has 1 nitrogen and oxygen atoms in total. The number of nitrogens with one attached hydrogen (secondary N) is 1. The Morgan fingerprint density at radius 2 is 1.95 bits per heavy atom. The highest BCUT2D eigenvalue weighted by atomic mass is 19.2. The summed E-state index contributed by atoms with van der Waals surface area (Å²) >= 11 is 0. The van der Waals surface area contributed by atoms with Crippen LogP contribution in [0.4, 0.5) is 8.78 Å². The lowest BCUT2D eigenvalue weighted by atomic mass is 9.65. The number of benzene rings is 1. The molecule has 1 aliphatic rings. The fraction of sp³-hybridized carbons (Fsp3) is 0.667. The highest BCUT2D eigenvalue weighted by Gasteiger charge is 2.37. The van der Waals surface area contributed by atoms with E-state index in [0.29, 0.717) is 17.0 Å². The minimum absolute atomic E-state index is 0.0999. The molecule has 0 spiro atoms. The summed E-state index contributed by atoms with van der Waals surface area (Å²) in [7, 11) is 0. The second-order valence-corrected chi connectivity index (χ2v) is 7.18. The van der Waals surface area contributed by atoms with Gasteiger partial charge in [0.05, 0.1) is 0 Å². The van der Waals surface area contributed by atoms with Gasteiger partial charge in [-0.3, -0.25) is 0 Å². The van der Waals surface area contributed by atoms with Crippen LogP contribution in [0.1, 0.15) is 57.1 Å². The summed E-state index contributed by atoms with van der Waals surface area (Å²) in [5.74, 6) is -0.838. The second-order valence-electron chi connectivity index (χ2n) is 7.18. The largest absolute Gasteiger partial charge is 0.317 e. The van der Waals surface area contributed by atoms with E-state index in [1.807, 2.05) is 0 Å². The predicted octanol–water partition coefficient (Wildman–Crippen LogP) is 4.79. The number of hydrogen-bond acceptors (Lipinski definition) is 1. The Morgan fingerprint density at radius 3 is 2.62 bits per heavy atom. The molecule has 0 bridgehead atoms. The first-order valence-corrected chi connectivity index (χ1v) is 8.01. The van der Waals surface area contributed by atoms with Crippen molar-refractivity contribution in [3.05, 3.63) is 34.9 Å². The molecule has 2 unspecified atom stereocenters. The molecule has 1 N–H and O–H groups in total. The molecule has 0 heterocycles. The van der Waals surface area contributed by atoms with Gasteiger partial charge in [-0.25, -0.2) is 8.78 Å². The first-order valence-electron chi connectivity index (χ1n) is 8.01. The van der Waals surface area contributed by atoms with Gasteiger partial charge in [-0.15, -0.1) is 0 Å². The average Bonchev–Trinajstić information content (AvgIpc) is 2.43. The van der Waals surface area contributed by atoms with Crippen molar-refractivity contribution in [1.82, 2.24) is 5.32 Å². The van der Waals surface area contributed by atoms with Gasteiger partial charge < -0.3 is 5.32 Å². The minimum Gasteiger partial charge on any atom is -0.317 e. The van der Waals surface area contributed by atoms with E-state index < -0.39 is 11.6 Å². The van der Waals surface area contributed by atoms with Crippen LogP contribution in [0, 0.1) is 29.9 Å². The maximum absolute atomic E-state index is 14.4. The Bertz CT molecular complexity index is 496. The number of halogens is 2. The van der Waals surface area contributed by atoms with Crippen LogP contribution in [0.5, 0.6) is 0 Å². The molecule has 21 heavy (non-hydrogen) atoms. The lowest BCUT2D eigenvalue weighted by molar-refractivity contribution is 0.157. The maximum Gasteiger partial charge on any atom is 0.162 e. The summed E-state index contributed by atoms with van der Waals surface area (Å²) in [5, 5.41) is 3.37. The molecule has 1 aromatic carbocycles. The third kappa shape index (κ3) is 3.63. The lowest BCUT2D eigenvalue weighted by Gasteiger charge is -2.41. The standard InChI is InChI=1S/C18H27F2N/c1-5-21-11-13-8-9-18(3,4)10-15(13)14-7-6-12(2)16(19)17(14)20/h6-7,13,15,21H,5,8-11H2,1-4H3. The summed E-state index contributed by atoms with van der Waals surface area (Å²) in [6, 6.07) is 3.50. The molecule has 0 saturated heterocycles. The van der Waals surface area contributed by atoms with Crippen molar-refractivity contribution in [3.8, 4) is 0 Å². The van der Waals surface area contributed by atoms with E-state index in [0.717, 1.165) is 32.4 Å². The van der Waals surface area contributed by atoms with E-state index in [4.69, 9.17) is 0 Å². The van der Waals surface area contributed by atoms with Crippen molar-refractivity contribution in [3.63, 3.8) is 0 Å². The first-order chi connectivity index (χ1) is 9.85. The van der Waals surface area contributed by atoms with Crippen molar-refractivity contribution in [2.24, 2.45) is 11.3 Å². The molecular formula is C18H27F2N. The molecule has 0 radical (unpaired) electrons. The molecule has 0 aliphatic heterocycles. The van der Waals surface area contributed by atoms with Gasteiger partial charge in [-0.05, 0) is 67.7 Å². The third-order valence-electron chi connectivity index (χ3n) is 4.89. The quantitative estimate of drug-likeness (QED) is 0.842. The Hall–Kier alpha value is -0.960. The zero-order valence-corrected chi connectivity index (χ0v) is 13.6.